The van der Waals surface area contributed by atoms with Crippen LogP contribution in [-0.4, -0.2) is 38.6 Å². The van der Waals surface area contributed by atoms with Gasteiger partial charge in [0.2, 0.25) is 5.89 Å². The molecule has 1 saturated heterocycles. The van der Waals surface area contributed by atoms with Gasteiger partial charge in [-0.15, -0.1) is 23.1 Å². The first-order valence-electron chi connectivity index (χ1n) is 8.90. The van der Waals surface area contributed by atoms with Gasteiger partial charge in [0.25, 0.3) is 0 Å². The van der Waals surface area contributed by atoms with Crippen LogP contribution in [0.2, 0.25) is 0 Å². The fourth-order valence-electron chi connectivity index (χ4n) is 3.08. The summed E-state index contributed by atoms with van der Waals surface area (Å²) in [4.78, 5) is 18.9. The molecule has 1 aliphatic heterocycles. The standard InChI is InChI=1S/C20H20N2O4S2/c1-13-16(21-18(26-13)17-6-3-8-27-17)12-25-15-5-2-4-14(10-15)11-22-7-9-28-19(22)20(23)24/h2-6,8,10,19H,7,9,11-12H2,1H3,(H,23,24). The fraction of sp³-hybridized carbons (Fsp3) is 0.300. The lowest BCUT2D eigenvalue weighted by Crippen LogP contribution is -2.33. The van der Waals surface area contributed by atoms with Crippen LogP contribution >= 0.6 is 23.1 Å². The van der Waals surface area contributed by atoms with Gasteiger partial charge in [0, 0.05) is 18.8 Å². The van der Waals surface area contributed by atoms with E-state index in [1.54, 1.807) is 11.3 Å². The smallest absolute Gasteiger partial charge is 0.331 e. The minimum absolute atomic E-state index is 0.321. The Morgan fingerprint density at radius 2 is 2.29 bits per heavy atom. The van der Waals surface area contributed by atoms with E-state index in [0.29, 0.717) is 19.0 Å². The van der Waals surface area contributed by atoms with Gasteiger partial charge in [-0.3, -0.25) is 4.90 Å². The lowest BCUT2D eigenvalue weighted by Gasteiger charge is -2.20. The molecule has 8 heteroatoms. The number of oxazole rings is 1. The van der Waals surface area contributed by atoms with Crippen LogP contribution in [-0.2, 0) is 17.9 Å². The highest BCUT2D eigenvalue weighted by Crippen LogP contribution is 2.28. The van der Waals surface area contributed by atoms with E-state index in [9.17, 15) is 9.90 Å². The van der Waals surface area contributed by atoms with Crippen LogP contribution in [0.1, 0.15) is 17.0 Å². The van der Waals surface area contributed by atoms with Crippen molar-refractivity contribution in [2.75, 3.05) is 12.3 Å². The Hall–Kier alpha value is -2.29. The van der Waals surface area contributed by atoms with E-state index in [2.05, 4.69) is 4.98 Å². The molecular formula is C20H20N2O4S2. The SMILES string of the molecule is Cc1oc(-c2cccs2)nc1COc1cccc(CN2CCSC2C(=O)O)c1. The predicted molar refractivity (Wildman–Crippen MR) is 110 cm³/mol. The number of carbonyl (C=O) groups is 1. The van der Waals surface area contributed by atoms with E-state index >= 15 is 0 Å². The molecule has 3 aromatic rings. The number of aryl methyl sites for hydroxylation is 1. The molecule has 4 rings (SSSR count). The van der Waals surface area contributed by atoms with Crippen molar-refractivity contribution >= 4 is 29.1 Å². The second kappa shape index (κ2) is 8.38. The molecule has 1 N–H and O–H groups in total. The maximum absolute atomic E-state index is 11.3. The highest BCUT2D eigenvalue weighted by atomic mass is 32.2. The molecule has 6 nitrogen and oxygen atoms in total. The molecule has 3 heterocycles. The van der Waals surface area contributed by atoms with E-state index in [0.717, 1.165) is 39.9 Å². The molecule has 1 atom stereocenters. The van der Waals surface area contributed by atoms with Gasteiger partial charge in [0.05, 0.1) is 4.88 Å². The average Bonchev–Trinajstić information content (AvgIpc) is 3.41. The van der Waals surface area contributed by atoms with Crippen molar-refractivity contribution < 1.29 is 19.1 Å². The van der Waals surface area contributed by atoms with Gasteiger partial charge in [-0.2, -0.15) is 0 Å². The van der Waals surface area contributed by atoms with E-state index < -0.39 is 11.3 Å². The van der Waals surface area contributed by atoms with Crippen LogP contribution in [0.3, 0.4) is 0 Å². The number of aliphatic carboxylic acids is 1. The molecule has 0 spiro atoms. The Bertz CT molecular complexity index is 955. The number of thiophene rings is 1. The number of carboxylic acid groups (broad SMARTS) is 1. The topological polar surface area (TPSA) is 75.8 Å². The zero-order chi connectivity index (χ0) is 19.5. The third-order valence-corrected chi connectivity index (χ3v) is 6.57. The Morgan fingerprint density at radius 1 is 1.39 bits per heavy atom. The Labute approximate surface area is 171 Å². The van der Waals surface area contributed by atoms with Gasteiger partial charge in [-0.05, 0) is 36.1 Å². The van der Waals surface area contributed by atoms with Crippen LogP contribution in [0.25, 0.3) is 10.8 Å². The van der Waals surface area contributed by atoms with E-state index in [1.165, 1.54) is 11.8 Å². The Morgan fingerprint density at radius 3 is 3.07 bits per heavy atom. The summed E-state index contributed by atoms with van der Waals surface area (Å²) < 4.78 is 11.7. The molecule has 146 valence electrons. The molecule has 1 fully saturated rings. The summed E-state index contributed by atoms with van der Waals surface area (Å²) in [5.74, 6) is 2.16. The number of thioether (sulfide) groups is 1. The summed E-state index contributed by atoms with van der Waals surface area (Å²) in [7, 11) is 0. The normalized spacial score (nSPS) is 17.1. The number of aromatic nitrogens is 1. The number of ether oxygens (including phenoxy) is 1. The quantitative estimate of drug-likeness (QED) is 0.617. The minimum atomic E-state index is -0.780. The highest BCUT2D eigenvalue weighted by molar-refractivity contribution is 8.00. The van der Waals surface area contributed by atoms with Crippen molar-refractivity contribution in [3.8, 4) is 16.5 Å². The van der Waals surface area contributed by atoms with E-state index in [1.807, 2.05) is 53.6 Å². The largest absolute Gasteiger partial charge is 0.487 e. The summed E-state index contributed by atoms with van der Waals surface area (Å²) >= 11 is 3.06. The summed E-state index contributed by atoms with van der Waals surface area (Å²) in [6.45, 7) is 3.57. The zero-order valence-electron chi connectivity index (χ0n) is 15.3. The molecule has 0 aliphatic carbocycles. The molecule has 2 aromatic heterocycles. The summed E-state index contributed by atoms with van der Waals surface area (Å²) in [6.07, 6.45) is 0. The monoisotopic (exact) mass is 416 g/mol. The first-order chi connectivity index (χ1) is 13.6. The molecule has 1 aromatic carbocycles. The number of nitrogens with zero attached hydrogens (tertiary/aromatic N) is 2. The maximum Gasteiger partial charge on any atom is 0.331 e. The van der Waals surface area contributed by atoms with Crippen LogP contribution < -0.4 is 4.74 Å². The number of benzene rings is 1. The maximum atomic E-state index is 11.3. The predicted octanol–water partition coefficient (Wildman–Crippen LogP) is 4.25. The van der Waals surface area contributed by atoms with Gasteiger partial charge < -0.3 is 14.3 Å². The highest BCUT2D eigenvalue weighted by Gasteiger charge is 2.31. The third kappa shape index (κ3) is 4.24. The number of hydrogen-bond donors (Lipinski definition) is 1. The molecule has 0 radical (unpaired) electrons. The molecule has 0 saturated carbocycles. The van der Waals surface area contributed by atoms with Crippen LogP contribution in [0, 0.1) is 6.92 Å². The first-order valence-corrected chi connectivity index (χ1v) is 10.8. The molecule has 28 heavy (non-hydrogen) atoms. The van der Waals surface area contributed by atoms with Crippen molar-refractivity contribution in [3.05, 3.63) is 58.8 Å². The van der Waals surface area contributed by atoms with Gasteiger partial charge in [-0.1, -0.05) is 18.2 Å². The van der Waals surface area contributed by atoms with Crippen molar-refractivity contribution in [2.24, 2.45) is 0 Å². The van der Waals surface area contributed by atoms with Crippen molar-refractivity contribution in [2.45, 2.75) is 25.4 Å². The zero-order valence-corrected chi connectivity index (χ0v) is 17.0. The summed E-state index contributed by atoms with van der Waals surface area (Å²) in [5, 5.41) is 10.8. The van der Waals surface area contributed by atoms with Crippen LogP contribution in [0.5, 0.6) is 5.75 Å². The number of carboxylic acids is 1. The second-order valence-corrected chi connectivity index (χ2v) is 8.60. The van der Waals surface area contributed by atoms with Crippen molar-refractivity contribution in [3.63, 3.8) is 0 Å². The number of hydrogen-bond acceptors (Lipinski definition) is 7. The Balaban J connectivity index is 1.41. The van der Waals surface area contributed by atoms with Crippen molar-refractivity contribution in [1.29, 1.82) is 0 Å². The first kappa shape index (κ1) is 19.0. The third-order valence-electron chi connectivity index (χ3n) is 4.48. The average molecular weight is 417 g/mol. The van der Waals surface area contributed by atoms with Gasteiger partial charge in [-0.25, -0.2) is 9.78 Å². The van der Waals surface area contributed by atoms with Crippen LogP contribution in [0.4, 0.5) is 0 Å². The van der Waals surface area contributed by atoms with Gasteiger partial charge >= 0.3 is 5.97 Å². The fourth-order valence-corrected chi connectivity index (χ4v) is 4.83. The van der Waals surface area contributed by atoms with Gasteiger partial charge in [0.1, 0.15) is 23.8 Å². The Kier molecular flexibility index (Phi) is 5.70. The van der Waals surface area contributed by atoms with Crippen molar-refractivity contribution in [1.82, 2.24) is 9.88 Å². The van der Waals surface area contributed by atoms with Crippen LogP contribution in [0.15, 0.2) is 46.2 Å². The summed E-state index contributed by atoms with van der Waals surface area (Å²) in [6, 6.07) is 11.7. The lowest BCUT2D eigenvalue weighted by atomic mass is 10.2. The van der Waals surface area contributed by atoms with Gasteiger partial charge in [0.15, 0.2) is 5.37 Å². The van der Waals surface area contributed by atoms with E-state index in [-0.39, 0.29) is 0 Å². The molecule has 0 amide bonds. The molecule has 1 aliphatic rings. The number of rotatable bonds is 7. The molecule has 0 bridgehead atoms. The minimum Gasteiger partial charge on any atom is -0.487 e. The molecular weight excluding hydrogens is 396 g/mol. The summed E-state index contributed by atoms with van der Waals surface area (Å²) in [5.41, 5.74) is 1.80. The van der Waals surface area contributed by atoms with E-state index in [4.69, 9.17) is 9.15 Å². The lowest BCUT2D eigenvalue weighted by molar-refractivity contribution is -0.139. The molecule has 1 unspecified atom stereocenters. The second-order valence-electron chi connectivity index (χ2n) is 6.47.